The number of allylic oxidation sites excluding steroid dienone is 2. The van der Waals surface area contributed by atoms with Crippen molar-refractivity contribution in [1.82, 2.24) is 0 Å². The van der Waals surface area contributed by atoms with Gasteiger partial charge >= 0.3 is 5.97 Å². The van der Waals surface area contributed by atoms with Gasteiger partial charge in [0, 0.05) is 0 Å². The number of fused-ring (bicyclic) bond motifs is 5. The van der Waals surface area contributed by atoms with Crippen molar-refractivity contribution < 1.29 is 19.1 Å². The molecule has 1 heterocycles. The minimum absolute atomic E-state index is 0.147. The van der Waals surface area contributed by atoms with E-state index in [9.17, 15) is 14.4 Å². The molecule has 0 spiro atoms. The minimum Gasteiger partial charge on any atom is -0.423 e. The number of carbonyl (C=O) groups is 3. The number of amides is 2. The molecule has 4 atom stereocenters. The van der Waals surface area contributed by atoms with Crippen molar-refractivity contribution in [1.29, 1.82) is 0 Å². The van der Waals surface area contributed by atoms with E-state index in [0.29, 0.717) is 17.0 Å². The maximum Gasteiger partial charge on any atom is 0.343 e. The predicted octanol–water partition coefficient (Wildman–Crippen LogP) is 4.88. The van der Waals surface area contributed by atoms with Gasteiger partial charge in [0.2, 0.25) is 11.8 Å². The topological polar surface area (TPSA) is 63.7 Å². The second-order valence-electron chi connectivity index (χ2n) is 8.84. The molecule has 4 unspecified atom stereocenters. The lowest BCUT2D eigenvalue weighted by molar-refractivity contribution is -0.123. The van der Waals surface area contributed by atoms with Crippen LogP contribution in [0.5, 0.6) is 5.75 Å². The molecule has 33 heavy (non-hydrogen) atoms. The Hall–Kier alpha value is -3.99. The highest BCUT2D eigenvalue weighted by Gasteiger charge is 2.59. The largest absolute Gasteiger partial charge is 0.423 e. The van der Waals surface area contributed by atoms with Gasteiger partial charge in [0.15, 0.2) is 0 Å². The van der Waals surface area contributed by atoms with Gasteiger partial charge in [-0.15, -0.1) is 0 Å². The average Bonchev–Trinajstić information content (AvgIpc) is 3.54. The number of rotatable bonds is 4. The van der Waals surface area contributed by atoms with Crippen molar-refractivity contribution >= 4 is 23.5 Å². The monoisotopic (exact) mass is 435 g/mol. The number of esters is 1. The van der Waals surface area contributed by atoms with Crippen LogP contribution in [0, 0.1) is 23.7 Å². The normalized spacial score (nSPS) is 24.9. The third kappa shape index (κ3) is 3.20. The Kier molecular flexibility index (Phi) is 4.50. The number of carbonyl (C=O) groups excluding carboxylic acids is 3. The summed E-state index contributed by atoms with van der Waals surface area (Å²) in [5.41, 5.74) is 2.82. The summed E-state index contributed by atoms with van der Waals surface area (Å²) >= 11 is 0. The van der Waals surface area contributed by atoms with E-state index in [1.807, 2.05) is 42.5 Å². The molecule has 3 aromatic carbocycles. The van der Waals surface area contributed by atoms with E-state index in [4.69, 9.17) is 4.74 Å². The molecule has 5 nitrogen and oxygen atoms in total. The molecule has 0 aromatic heterocycles. The van der Waals surface area contributed by atoms with E-state index < -0.39 is 5.97 Å². The molecule has 2 fully saturated rings. The second-order valence-corrected chi connectivity index (χ2v) is 8.84. The van der Waals surface area contributed by atoms with E-state index in [1.165, 1.54) is 4.90 Å². The molecular weight excluding hydrogens is 414 g/mol. The van der Waals surface area contributed by atoms with Gasteiger partial charge in [-0.1, -0.05) is 60.7 Å². The molecule has 1 aliphatic heterocycles. The first-order valence-corrected chi connectivity index (χ1v) is 11.1. The molecule has 6 rings (SSSR count). The maximum atomic E-state index is 13.1. The smallest absolute Gasteiger partial charge is 0.343 e. The summed E-state index contributed by atoms with van der Waals surface area (Å²) in [6, 6.07) is 23.8. The molecule has 3 aliphatic rings. The molecule has 2 aliphatic carbocycles. The molecule has 2 bridgehead atoms. The SMILES string of the molecule is O=C(Oc1ccc(-c2ccccc2)cc1)c1cccc(N2C(=O)C3C4C=CC(C4)C3C2=O)c1. The fraction of sp³-hybridized carbons (Fsp3) is 0.179. The van der Waals surface area contributed by atoms with Crippen LogP contribution in [0.1, 0.15) is 16.8 Å². The van der Waals surface area contributed by atoms with Crippen LogP contribution in [0.2, 0.25) is 0 Å². The first-order chi connectivity index (χ1) is 16.1. The highest BCUT2D eigenvalue weighted by molar-refractivity contribution is 6.23. The Morgan fingerprint density at radius 1 is 0.758 bits per heavy atom. The molecular formula is C28H21NO4. The summed E-state index contributed by atoms with van der Waals surface area (Å²) in [5, 5.41) is 0. The van der Waals surface area contributed by atoms with Crippen LogP contribution in [0.4, 0.5) is 5.69 Å². The number of ether oxygens (including phenoxy) is 1. The van der Waals surface area contributed by atoms with Gasteiger partial charge in [0.05, 0.1) is 23.1 Å². The van der Waals surface area contributed by atoms with Crippen molar-refractivity contribution in [2.24, 2.45) is 23.7 Å². The zero-order valence-corrected chi connectivity index (χ0v) is 17.8. The van der Waals surface area contributed by atoms with Gasteiger partial charge in [0.1, 0.15) is 5.75 Å². The third-order valence-electron chi connectivity index (χ3n) is 6.98. The molecule has 0 radical (unpaired) electrons. The predicted molar refractivity (Wildman–Crippen MR) is 123 cm³/mol. The lowest BCUT2D eigenvalue weighted by atomic mass is 9.85. The summed E-state index contributed by atoms with van der Waals surface area (Å²) in [7, 11) is 0. The summed E-state index contributed by atoms with van der Waals surface area (Å²) in [6.07, 6.45) is 5.02. The van der Waals surface area contributed by atoms with Crippen LogP contribution >= 0.6 is 0 Å². The van der Waals surface area contributed by atoms with Crippen molar-refractivity contribution in [3.05, 3.63) is 96.6 Å². The molecule has 162 valence electrons. The van der Waals surface area contributed by atoms with Crippen LogP contribution in [-0.2, 0) is 9.59 Å². The van der Waals surface area contributed by atoms with Crippen molar-refractivity contribution in [3.63, 3.8) is 0 Å². The highest BCUT2D eigenvalue weighted by atomic mass is 16.5. The van der Waals surface area contributed by atoms with Crippen LogP contribution < -0.4 is 9.64 Å². The minimum atomic E-state index is -0.537. The van der Waals surface area contributed by atoms with Gasteiger partial charge in [-0.3, -0.25) is 9.59 Å². The number of nitrogens with zero attached hydrogens (tertiary/aromatic N) is 1. The fourth-order valence-corrected chi connectivity index (χ4v) is 5.44. The number of hydrogen-bond acceptors (Lipinski definition) is 4. The zero-order chi connectivity index (χ0) is 22.5. The summed E-state index contributed by atoms with van der Waals surface area (Å²) in [4.78, 5) is 40.2. The number of imide groups is 1. The second kappa shape index (κ2) is 7.55. The summed E-state index contributed by atoms with van der Waals surface area (Å²) < 4.78 is 5.54. The third-order valence-corrected chi connectivity index (χ3v) is 6.98. The van der Waals surface area contributed by atoms with Crippen LogP contribution in [0.3, 0.4) is 0 Å². The van der Waals surface area contributed by atoms with Gasteiger partial charge in [-0.05, 0) is 59.7 Å². The van der Waals surface area contributed by atoms with E-state index in [0.717, 1.165) is 17.5 Å². The first kappa shape index (κ1) is 19.7. The van der Waals surface area contributed by atoms with E-state index >= 15 is 0 Å². The Labute approximate surface area is 191 Å². The molecule has 2 amide bonds. The van der Waals surface area contributed by atoms with Crippen molar-refractivity contribution in [2.45, 2.75) is 6.42 Å². The van der Waals surface area contributed by atoms with Crippen LogP contribution in [0.25, 0.3) is 11.1 Å². The molecule has 5 heteroatoms. The zero-order valence-electron chi connectivity index (χ0n) is 17.8. The average molecular weight is 435 g/mol. The van der Waals surface area contributed by atoms with Crippen molar-refractivity contribution in [3.8, 4) is 16.9 Å². The Morgan fingerprint density at radius 2 is 1.39 bits per heavy atom. The fourth-order valence-electron chi connectivity index (χ4n) is 5.44. The van der Waals surface area contributed by atoms with Gasteiger partial charge in [-0.2, -0.15) is 0 Å². The van der Waals surface area contributed by atoms with E-state index in [1.54, 1.807) is 36.4 Å². The molecule has 3 aromatic rings. The number of anilines is 1. The molecule has 1 saturated heterocycles. The maximum absolute atomic E-state index is 13.1. The Morgan fingerprint density at radius 3 is 2.06 bits per heavy atom. The summed E-state index contributed by atoms with van der Waals surface area (Å²) in [6.45, 7) is 0. The highest BCUT2D eigenvalue weighted by Crippen LogP contribution is 2.53. The Balaban J connectivity index is 1.20. The number of benzene rings is 3. The van der Waals surface area contributed by atoms with Crippen LogP contribution in [0.15, 0.2) is 91.0 Å². The summed E-state index contributed by atoms with van der Waals surface area (Å²) in [5.74, 6) is -0.687. The lowest BCUT2D eigenvalue weighted by Crippen LogP contribution is -2.33. The standard InChI is InChI=1S/C28H21NO4/c30-26-24-19-9-10-20(15-19)25(24)27(31)29(26)22-8-4-7-21(16-22)28(32)33-23-13-11-18(12-14-23)17-5-2-1-3-6-17/h1-14,16,19-20,24-25H,15H2. The first-order valence-electron chi connectivity index (χ1n) is 11.1. The van der Waals surface area contributed by atoms with Crippen LogP contribution in [-0.4, -0.2) is 17.8 Å². The lowest BCUT2D eigenvalue weighted by Gasteiger charge is -2.18. The Bertz CT molecular complexity index is 1260. The van der Waals surface area contributed by atoms with Crippen molar-refractivity contribution in [2.75, 3.05) is 4.90 Å². The number of hydrogen-bond donors (Lipinski definition) is 0. The van der Waals surface area contributed by atoms with E-state index in [-0.39, 0.29) is 35.5 Å². The van der Waals surface area contributed by atoms with Gasteiger partial charge in [0.25, 0.3) is 0 Å². The molecule has 0 N–H and O–H groups in total. The quantitative estimate of drug-likeness (QED) is 0.254. The molecule has 1 saturated carbocycles. The van der Waals surface area contributed by atoms with Gasteiger partial charge < -0.3 is 4.74 Å². The van der Waals surface area contributed by atoms with E-state index in [2.05, 4.69) is 12.2 Å². The van der Waals surface area contributed by atoms with Gasteiger partial charge in [-0.25, -0.2) is 9.69 Å².